The fraction of sp³-hybridized carbons (Fsp3) is 0.316. The first kappa shape index (κ1) is 17.1. The number of hydrogen-bond donors (Lipinski definition) is 1. The molecule has 2 amide bonds. The summed E-state index contributed by atoms with van der Waals surface area (Å²) in [7, 11) is 1.81. The molecule has 1 fully saturated rings. The molecule has 0 radical (unpaired) electrons. The van der Waals surface area contributed by atoms with E-state index in [1.165, 1.54) is 12.5 Å². The van der Waals surface area contributed by atoms with Crippen LogP contribution in [0.3, 0.4) is 0 Å². The molecule has 0 aromatic carbocycles. The Kier molecular flexibility index (Phi) is 4.53. The number of furan rings is 1. The van der Waals surface area contributed by atoms with Crippen molar-refractivity contribution in [1.29, 1.82) is 0 Å². The summed E-state index contributed by atoms with van der Waals surface area (Å²) in [6, 6.07) is 5.51. The predicted molar refractivity (Wildman–Crippen MR) is 97.6 cm³/mol. The van der Waals surface area contributed by atoms with Crippen molar-refractivity contribution >= 4 is 11.8 Å². The number of rotatable bonds is 4. The molecule has 0 aliphatic carbocycles. The van der Waals surface area contributed by atoms with E-state index in [9.17, 15) is 9.59 Å². The van der Waals surface area contributed by atoms with Crippen LogP contribution in [0.2, 0.25) is 0 Å². The summed E-state index contributed by atoms with van der Waals surface area (Å²) >= 11 is 0. The van der Waals surface area contributed by atoms with Crippen LogP contribution in [0.5, 0.6) is 0 Å². The second-order valence-electron chi connectivity index (χ2n) is 6.65. The maximum atomic E-state index is 12.8. The number of hydrogen-bond acceptors (Lipinski definition) is 4. The lowest BCUT2D eigenvalue weighted by molar-refractivity contribution is 0.0697. The molecule has 3 aromatic heterocycles. The molecule has 3 aromatic rings. The van der Waals surface area contributed by atoms with Crippen LogP contribution in [-0.4, -0.2) is 50.2 Å². The maximum Gasteiger partial charge on any atom is 0.257 e. The molecule has 4 heterocycles. The fourth-order valence-electron chi connectivity index (χ4n) is 3.43. The van der Waals surface area contributed by atoms with E-state index in [1.807, 2.05) is 36.1 Å². The van der Waals surface area contributed by atoms with Gasteiger partial charge in [-0.25, -0.2) is 0 Å². The summed E-state index contributed by atoms with van der Waals surface area (Å²) in [5, 5.41) is 7.31. The summed E-state index contributed by atoms with van der Waals surface area (Å²) in [4.78, 5) is 26.9. The number of nitrogens with one attached hydrogen (secondary N) is 1. The van der Waals surface area contributed by atoms with Gasteiger partial charge in [0.05, 0.1) is 18.0 Å². The highest BCUT2D eigenvalue weighted by molar-refractivity contribution is 5.97. The Labute approximate surface area is 156 Å². The largest absolute Gasteiger partial charge is 0.472 e. The minimum absolute atomic E-state index is 0.0311. The van der Waals surface area contributed by atoms with E-state index in [4.69, 9.17) is 4.42 Å². The third-order valence-electron chi connectivity index (χ3n) is 4.89. The molecule has 1 aliphatic rings. The Morgan fingerprint density at radius 3 is 2.63 bits per heavy atom. The van der Waals surface area contributed by atoms with Crippen LogP contribution in [0.15, 0.2) is 53.7 Å². The number of carbonyl (C=O) groups excluding carboxylic acids is 2. The lowest BCUT2D eigenvalue weighted by Gasteiger charge is -2.32. The van der Waals surface area contributed by atoms with Gasteiger partial charge in [-0.05, 0) is 31.0 Å². The molecule has 1 N–H and O–H groups in total. The standard InChI is InChI=1S/C19H21N5O3/c1-22-18(23-7-2-3-8-23)16(12-20-22)17(25)21-15-4-9-24(10-5-15)19(26)14-6-11-27-13-14/h2-3,6-8,11-13,15H,4-5,9-10H2,1H3,(H,21,25). The number of piperidine rings is 1. The van der Waals surface area contributed by atoms with Crippen molar-refractivity contribution in [2.24, 2.45) is 7.05 Å². The van der Waals surface area contributed by atoms with E-state index < -0.39 is 0 Å². The van der Waals surface area contributed by atoms with Gasteiger partial charge in [0.1, 0.15) is 17.6 Å². The second-order valence-corrected chi connectivity index (χ2v) is 6.65. The maximum absolute atomic E-state index is 12.8. The molecule has 4 rings (SSSR count). The zero-order valence-corrected chi connectivity index (χ0v) is 15.0. The fourth-order valence-corrected chi connectivity index (χ4v) is 3.43. The Bertz CT molecular complexity index is 919. The first-order valence-electron chi connectivity index (χ1n) is 8.91. The molecule has 8 heteroatoms. The molecular weight excluding hydrogens is 346 g/mol. The highest BCUT2D eigenvalue weighted by Crippen LogP contribution is 2.17. The van der Waals surface area contributed by atoms with Crippen molar-refractivity contribution in [3.63, 3.8) is 0 Å². The van der Waals surface area contributed by atoms with Gasteiger partial charge >= 0.3 is 0 Å². The molecule has 27 heavy (non-hydrogen) atoms. The monoisotopic (exact) mass is 367 g/mol. The molecule has 0 atom stereocenters. The smallest absolute Gasteiger partial charge is 0.257 e. The van der Waals surface area contributed by atoms with Gasteiger partial charge in [-0.15, -0.1) is 0 Å². The Hall–Kier alpha value is -3.29. The summed E-state index contributed by atoms with van der Waals surface area (Å²) in [6.45, 7) is 1.21. The van der Waals surface area contributed by atoms with Gasteiger partial charge in [0.25, 0.3) is 11.8 Å². The number of amides is 2. The average Bonchev–Trinajstić information content (AvgIpc) is 3.43. The molecule has 140 valence electrons. The van der Waals surface area contributed by atoms with Gasteiger partial charge in [0.15, 0.2) is 0 Å². The Morgan fingerprint density at radius 2 is 1.96 bits per heavy atom. The van der Waals surface area contributed by atoms with E-state index in [2.05, 4.69) is 10.4 Å². The zero-order valence-electron chi connectivity index (χ0n) is 15.0. The molecule has 0 unspecified atom stereocenters. The summed E-state index contributed by atoms with van der Waals surface area (Å²) in [5.41, 5.74) is 1.09. The summed E-state index contributed by atoms with van der Waals surface area (Å²) in [6.07, 6.45) is 9.74. The van der Waals surface area contributed by atoms with E-state index in [1.54, 1.807) is 21.8 Å². The lowest BCUT2D eigenvalue weighted by atomic mass is 10.0. The molecule has 0 bridgehead atoms. The zero-order chi connectivity index (χ0) is 18.8. The van der Waals surface area contributed by atoms with Crippen LogP contribution in [-0.2, 0) is 7.05 Å². The van der Waals surface area contributed by atoms with Crippen LogP contribution >= 0.6 is 0 Å². The topological polar surface area (TPSA) is 85.3 Å². The number of aryl methyl sites for hydroxylation is 1. The quantitative estimate of drug-likeness (QED) is 0.762. The normalized spacial score (nSPS) is 15.1. The van der Waals surface area contributed by atoms with Gasteiger partial charge in [-0.1, -0.05) is 0 Å². The van der Waals surface area contributed by atoms with Gasteiger partial charge < -0.3 is 19.2 Å². The SMILES string of the molecule is Cn1ncc(C(=O)NC2CCN(C(=O)c3ccoc3)CC2)c1-n1cccc1. The number of aromatic nitrogens is 3. The number of likely N-dealkylation sites (tertiary alicyclic amines) is 1. The van der Waals surface area contributed by atoms with Gasteiger partial charge in [0, 0.05) is 38.6 Å². The van der Waals surface area contributed by atoms with Crippen LogP contribution in [0.4, 0.5) is 0 Å². The van der Waals surface area contributed by atoms with Crippen LogP contribution < -0.4 is 5.32 Å². The van der Waals surface area contributed by atoms with Crippen molar-refractivity contribution < 1.29 is 14.0 Å². The number of nitrogens with zero attached hydrogens (tertiary/aromatic N) is 4. The molecule has 1 aliphatic heterocycles. The second kappa shape index (κ2) is 7.14. The third-order valence-corrected chi connectivity index (χ3v) is 4.89. The summed E-state index contributed by atoms with van der Waals surface area (Å²) in [5.74, 6) is 0.548. The first-order valence-corrected chi connectivity index (χ1v) is 8.91. The first-order chi connectivity index (χ1) is 13.1. The van der Waals surface area contributed by atoms with Crippen LogP contribution in [0.25, 0.3) is 5.82 Å². The van der Waals surface area contributed by atoms with E-state index >= 15 is 0 Å². The molecular formula is C19H21N5O3. The van der Waals surface area contributed by atoms with Crippen molar-refractivity contribution in [3.05, 3.63) is 60.4 Å². The average molecular weight is 367 g/mol. The van der Waals surface area contributed by atoms with E-state index in [-0.39, 0.29) is 17.9 Å². The van der Waals surface area contributed by atoms with Crippen LogP contribution in [0, 0.1) is 0 Å². The molecule has 0 saturated carbocycles. The minimum atomic E-state index is -0.147. The molecule has 8 nitrogen and oxygen atoms in total. The Balaban J connectivity index is 1.39. The van der Waals surface area contributed by atoms with Gasteiger partial charge in [-0.2, -0.15) is 5.10 Å². The summed E-state index contributed by atoms with van der Waals surface area (Å²) < 4.78 is 8.53. The Morgan fingerprint density at radius 1 is 1.22 bits per heavy atom. The van der Waals surface area contributed by atoms with Gasteiger partial charge in [0.2, 0.25) is 0 Å². The highest BCUT2D eigenvalue weighted by Gasteiger charge is 2.26. The highest BCUT2D eigenvalue weighted by atomic mass is 16.3. The van der Waals surface area contributed by atoms with Crippen molar-refractivity contribution in [2.75, 3.05) is 13.1 Å². The molecule has 0 spiro atoms. The van der Waals surface area contributed by atoms with E-state index in [0.29, 0.717) is 37.1 Å². The van der Waals surface area contributed by atoms with Gasteiger partial charge in [-0.3, -0.25) is 14.3 Å². The molecule has 1 saturated heterocycles. The number of carbonyl (C=O) groups is 2. The van der Waals surface area contributed by atoms with Crippen LogP contribution in [0.1, 0.15) is 33.6 Å². The van der Waals surface area contributed by atoms with Crippen molar-refractivity contribution in [1.82, 2.24) is 24.6 Å². The third kappa shape index (κ3) is 3.38. The lowest BCUT2D eigenvalue weighted by Crippen LogP contribution is -2.46. The van der Waals surface area contributed by atoms with E-state index in [0.717, 1.165) is 5.82 Å². The van der Waals surface area contributed by atoms with Crippen molar-refractivity contribution in [3.8, 4) is 5.82 Å². The predicted octanol–water partition coefficient (Wildman–Crippen LogP) is 1.84. The van der Waals surface area contributed by atoms with Crippen molar-refractivity contribution in [2.45, 2.75) is 18.9 Å². The minimum Gasteiger partial charge on any atom is -0.472 e.